The summed E-state index contributed by atoms with van der Waals surface area (Å²) in [5, 5.41) is 10.2. The zero-order chi connectivity index (χ0) is 13.0. The van der Waals surface area contributed by atoms with Crippen LogP contribution in [0.1, 0.15) is 5.56 Å². The van der Waals surface area contributed by atoms with E-state index in [0.717, 1.165) is 0 Å². The summed E-state index contributed by atoms with van der Waals surface area (Å²) in [7, 11) is 0. The van der Waals surface area contributed by atoms with Gasteiger partial charge in [-0.15, -0.1) is 0 Å². The molecule has 0 aliphatic rings. The molecule has 0 heterocycles. The van der Waals surface area contributed by atoms with Crippen molar-refractivity contribution in [2.45, 2.75) is 0 Å². The Bertz CT molecular complexity index is 523. The zero-order valence-corrected chi connectivity index (χ0v) is 9.94. The molecular weight excluding hydrogens is 298 g/mol. The minimum absolute atomic E-state index is 0.0291. The lowest BCUT2D eigenvalue weighted by Crippen LogP contribution is -2.20. The van der Waals surface area contributed by atoms with E-state index in [1.165, 1.54) is 6.07 Å². The smallest absolute Gasteiger partial charge is 0.405 e. The molecule has 17 heavy (non-hydrogen) atoms. The molecule has 0 aliphatic heterocycles. The van der Waals surface area contributed by atoms with E-state index >= 15 is 0 Å². The molecule has 7 heteroatoms. The minimum atomic E-state index is -1.25. The largest absolute Gasteiger partial charge is 0.465 e. The van der Waals surface area contributed by atoms with Crippen LogP contribution in [0.25, 0.3) is 0 Å². The summed E-state index contributed by atoms with van der Waals surface area (Å²) in [4.78, 5) is 10.1. The lowest BCUT2D eigenvalue weighted by atomic mass is 10.1. The average molecular weight is 305 g/mol. The second-order valence-electron chi connectivity index (χ2n) is 2.91. The number of nitrogens with two attached hydrogens (primary N) is 1. The Balaban J connectivity index is 2.99. The monoisotopic (exact) mass is 304 g/mol. The Hall–Kier alpha value is -1.81. The highest BCUT2D eigenvalue weighted by Crippen LogP contribution is 2.25. The fourth-order valence-corrected chi connectivity index (χ4v) is 1.41. The van der Waals surface area contributed by atoms with Crippen LogP contribution in [0.4, 0.5) is 19.3 Å². The Morgan fingerprint density at radius 2 is 2.18 bits per heavy atom. The van der Waals surface area contributed by atoms with Gasteiger partial charge in [-0.3, -0.25) is 0 Å². The minimum Gasteiger partial charge on any atom is -0.465 e. The molecule has 4 N–H and O–H groups in total. The van der Waals surface area contributed by atoms with Gasteiger partial charge in [-0.1, -0.05) is 11.8 Å². The molecule has 0 bridgehead atoms. The molecule has 90 valence electrons. The molecule has 1 rings (SSSR count). The van der Waals surface area contributed by atoms with Gasteiger partial charge in [-0.05, 0) is 22.0 Å². The molecule has 0 unspecified atom stereocenters. The van der Waals surface area contributed by atoms with Crippen molar-refractivity contribution in [2.75, 3.05) is 12.3 Å². The van der Waals surface area contributed by atoms with Gasteiger partial charge in [-0.25, -0.2) is 13.6 Å². The van der Waals surface area contributed by atoms with Gasteiger partial charge in [0.25, 0.3) is 0 Å². The van der Waals surface area contributed by atoms with E-state index in [0.29, 0.717) is 0 Å². The molecule has 1 aromatic carbocycles. The van der Waals surface area contributed by atoms with Crippen molar-refractivity contribution in [3.05, 3.63) is 27.7 Å². The van der Waals surface area contributed by atoms with E-state index in [-0.39, 0.29) is 22.3 Å². The van der Waals surface area contributed by atoms with Crippen LogP contribution in [0.3, 0.4) is 0 Å². The maximum atomic E-state index is 13.4. The van der Waals surface area contributed by atoms with E-state index in [1.807, 2.05) is 5.32 Å². The van der Waals surface area contributed by atoms with Gasteiger partial charge in [0, 0.05) is 0 Å². The molecule has 1 aromatic rings. The Morgan fingerprint density at radius 1 is 1.53 bits per heavy atom. The lowest BCUT2D eigenvalue weighted by molar-refractivity contribution is 0.196. The van der Waals surface area contributed by atoms with Gasteiger partial charge in [0.15, 0.2) is 11.6 Å². The predicted molar refractivity (Wildman–Crippen MR) is 61.4 cm³/mol. The van der Waals surface area contributed by atoms with Crippen LogP contribution >= 0.6 is 15.9 Å². The summed E-state index contributed by atoms with van der Waals surface area (Å²) in [6.07, 6.45) is -1.25. The summed E-state index contributed by atoms with van der Waals surface area (Å²) in [6, 6.07) is 1.19. The molecule has 0 fully saturated rings. The first kappa shape index (κ1) is 13.3. The number of amides is 1. The molecule has 0 spiro atoms. The predicted octanol–water partition coefficient (Wildman–Crippen LogP) is 1.93. The number of benzene rings is 1. The maximum absolute atomic E-state index is 13.4. The first-order valence-electron chi connectivity index (χ1n) is 4.32. The zero-order valence-electron chi connectivity index (χ0n) is 8.35. The first-order chi connectivity index (χ1) is 7.93. The topological polar surface area (TPSA) is 75.3 Å². The third-order valence-corrected chi connectivity index (χ3v) is 2.31. The lowest BCUT2D eigenvalue weighted by Gasteiger charge is -2.03. The summed E-state index contributed by atoms with van der Waals surface area (Å²) in [6.45, 7) is -0.202. The van der Waals surface area contributed by atoms with Crippen molar-refractivity contribution in [2.24, 2.45) is 0 Å². The Kier molecular flexibility index (Phi) is 4.29. The van der Waals surface area contributed by atoms with Crippen molar-refractivity contribution in [3.63, 3.8) is 0 Å². The highest BCUT2D eigenvalue weighted by molar-refractivity contribution is 9.10. The van der Waals surface area contributed by atoms with Crippen LogP contribution in [0, 0.1) is 23.5 Å². The number of hydrogen-bond donors (Lipinski definition) is 3. The van der Waals surface area contributed by atoms with Crippen molar-refractivity contribution >= 4 is 27.7 Å². The summed E-state index contributed by atoms with van der Waals surface area (Å²) in [5.41, 5.74) is 5.13. The van der Waals surface area contributed by atoms with Crippen LogP contribution in [0.2, 0.25) is 0 Å². The third kappa shape index (κ3) is 3.32. The van der Waals surface area contributed by atoms with Gasteiger partial charge < -0.3 is 16.2 Å². The second-order valence-corrected chi connectivity index (χ2v) is 3.77. The second kappa shape index (κ2) is 5.50. The van der Waals surface area contributed by atoms with Crippen molar-refractivity contribution in [1.29, 1.82) is 0 Å². The van der Waals surface area contributed by atoms with Gasteiger partial charge in [-0.2, -0.15) is 0 Å². The summed E-state index contributed by atoms with van der Waals surface area (Å²) >= 11 is 2.80. The normalized spacial score (nSPS) is 9.35. The molecule has 0 saturated carbocycles. The van der Waals surface area contributed by atoms with Gasteiger partial charge in [0.05, 0.1) is 22.3 Å². The quantitative estimate of drug-likeness (QED) is 0.421. The molecule has 0 atom stereocenters. The number of anilines is 1. The highest BCUT2D eigenvalue weighted by atomic mass is 79.9. The first-order valence-corrected chi connectivity index (χ1v) is 5.11. The van der Waals surface area contributed by atoms with Crippen molar-refractivity contribution in [3.8, 4) is 11.8 Å². The van der Waals surface area contributed by atoms with Crippen molar-refractivity contribution in [1.82, 2.24) is 5.32 Å². The maximum Gasteiger partial charge on any atom is 0.405 e. The molecule has 0 saturated heterocycles. The average Bonchev–Trinajstić information content (AvgIpc) is 2.24. The number of hydrogen-bond acceptors (Lipinski definition) is 2. The third-order valence-electron chi connectivity index (χ3n) is 1.73. The van der Waals surface area contributed by atoms with E-state index in [1.54, 1.807) is 0 Å². The van der Waals surface area contributed by atoms with Gasteiger partial charge in [0.2, 0.25) is 0 Å². The van der Waals surface area contributed by atoms with Crippen LogP contribution < -0.4 is 11.1 Å². The SMILES string of the molecule is Nc1cc(Br)c(F)c(F)c1C#CCNC(=O)O. The number of nitrogen functional groups attached to an aromatic ring is 1. The van der Waals surface area contributed by atoms with E-state index < -0.39 is 17.7 Å². The fraction of sp³-hybridized carbons (Fsp3) is 0.100. The van der Waals surface area contributed by atoms with Crippen LogP contribution in [0.5, 0.6) is 0 Å². The van der Waals surface area contributed by atoms with Gasteiger partial charge >= 0.3 is 6.09 Å². The molecular formula is C10H7BrF2N2O2. The number of rotatable bonds is 1. The number of carboxylic acid groups (broad SMARTS) is 1. The van der Waals surface area contributed by atoms with Crippen LogP contribution in [-0.2, 0) is 0 Å². The van der Waals surface area contributed by atoms with Gasteiger partial charge in [0.1, 0.15) is 0 Å². The molecule has 1 amide bonds. The standard InChI is InChI=1S/C10H7BrF2N2O2/c11-6-4-7(14)5(8(12)9(6)13)2-1-3-15-10(16)17/h4,15H,3,14H2,(H,16,17). The summed E-state index contributed by atoms with van der Waals surface area (Å²) in [5.74, 6) is 2.33. The fourth-order valence-electron chi connectivity index (χ4n) is 0.993. The van der Waals surface area contributed by atoms with E-state index in [4.69, 9.17) is 10.8 Å². The number of halogens is 3. The van der Waals surface area contributed by atoms with Crippen LogP contribution in [0.15, 0.2) is 10.5 Å². The Morgan fingerprint density at radius 3 is 2.76 bits per heavy atom. The summed E-state index contributed by atoms with van der Waals surface area (Å²) < 4.78 is 26.4. The molecule has 0 radical (unpaired) electrons. The molecule has 4 nitrogen and oxygen atoms in total. The van der Waals surface area contributed by atoms with Crippen LogP contribution in [-0.4, -0.2) is 17.7 Å². The number of nitrogens with one attached hydrogen (secondary N) is 1. The highest BCUT2D eigenvalue weighted by Gasteiger charge is 2.14. The Labute approximate surface area is 104 Å². The van der Waals surface area contributed by atoms with E-state index in [2.05, 4.69) is 27.8 Å². The van der Waals surface area contributed by atoms with E-state index in [9.17, 15) is 13.6 Å². The number of carbonyl (C=O) groups is 1. The molecule has 0 aliphatic carbocycles. The molecule has 0 aromatic heterocycles. The van der Waals surface area contributed by atoms with Crippen molar-refractivity contribution < 1.29 is 18.7 Å².